The zero-order valence-corrected chi connectivity index (χ0v) is 11.6. The minimum atomic E-state index is -0.207. The van der Waals surface area contributed by atoms with Crippen LogP contribution in [0.2, 0.25) is 0 Å². The van der Waals surface area contributed by atoms with Crippen LogP contribution in [0.25, 0.3) is 0 Å². The van der Waals surface area contributed by atoms with Gasteiger partial charge in [-0.05, 0) is 56.3 Å². The van der Waals surface area contributed by atoms with Crippen molar-refractivity contribution in [3.63, 3.8) is 0 Å². The summed E-state index contributed by atoms with van der Waals surface area (Å²) >= 11 is 0. The molecule has 0 saturated heterocycles. The normalized spacial score (nSPS) is 35.1. The Hall–Kier alpha value is -0.0800. The van der Waals surface area contributed by atoms with E-state index >= 15 is 0 Å². The van der Waals surface area contributed by atoms with E-state index in [1.165, 1.54) is 6.42 Å². The molecule has 1 rings (SSSR count). The summed E-state index contributed by atoms with van der Waals surface area (Å²) in [4.78, 5) is 0. The minimum absolute atomic E-state index is 0.100. The second-order valence-electron chi connectivity index (χ2n) is 7.33. The molecule has 2 atom stereocenters. The largest absolute Gasteiger partial charge is 0.396 e. The maximum atomic E-state index is 9.35. The predicted octanol–water partition coefficient (Wildman–Crippen LogP) is 2.94. The first kappa shape index (κ1) is 14.0. The highest BCUT2D eigenvalue weighted by molar-refractivity contribution is 5.03. The van der Waals surface area contributed by atoms with Crippen LogP contribution in [0.1, 0.15) is 60.3 Å². The van der Waals surface area contributed by atoms with Crippen LogP contribution in [0.4, 0.5) is 0 Å². The molecule has 2 unspecified atom stereocenters. The van der Waals surface area contributed by atoms with Crippen molar-refractivity contribution >= 4 is 0 Å². The number of rotatable bonds is 3. The Kier molecular flexibility index (Phi) is 3.76. The number of aliphatic hydroxyl groups excluding tert-OH is 1. The van der Waals surface area contributed by atoms with Crippen LogP contribution in [-0.4, -0.2) is 17.3 Å². The molecular formula is C14H29NO. The van der Waals surface area contributed by atoms with Gasteiger partial charge in [-0.15, -0.1) is 0 Å². The van der Waals surface area contributed by atoms with Gasteiger partial charge in [-0.25, -0.2) is 0 Å². The molecule has 16 heavy (non-hydrogen) atoms. The van der Waals surface area contributed by atoms with Crippen LogP contribution >= 0.6 is 0 Å². The molecule has 0 amide bonds. The molecule has 0 aliphatic heterocycles. The summed E-state index contributed by atoms with van der Waals surface area (Å²) in [5.74, 6) is 0.707. The fourth-order valence-electron chi connectivity index (χ4n) is 3.96. The molecule has 0 bridgehead atoms. The summed E-state index contributed by atoms with van der Waals surface area (Å²) in [7, 11) is 0. The average molecular weight is 227 g/mol. The van der Waals surface area contributed by atoms with E-state index in [0.29, 0.717) is 11.3 Å². The van der Waals surface area contributed by atoms with E-state index in [0.717, 1.165) is 19.3 Å². The van der Waals surface area contributed by atoms with Crippen LogP contribution in [0.15, 0.2) is 0 Å². The fraction of sp³-hybridized carbons (Fsp3) is 1.00. The van der Waals surface area contributed by atoms with Crippen molar-refractivity contribution < 1.29 is 5.11 Å². The van der Waals surface area contributed by atoms with Gasteiger partial charge < -0.3 is 10.8 Å². The third kappa shape index (κ3) is 2.78. The fourth-order valence-corrected chi connectivity index (χ4v) is 3.96. The maximum Gasteiger partial charge on any atom is 0.0437 e. The lowest BCUT2D eigenvalue weighted by Gasteiger charge is -2.54. The van der Waals surface area contributed by atoms with E-state index in [4.69, 9.17) is 5.73 Å². The molecule has 1 fully saturated rings. The number of hydrogen-bond donors (Lipinski definition) is 2. The molecule has 2 nitrogen and oxygen atoms in total. The van der Waals surface area contributed by atoms with E-state index in [1.54, 1.807) is 0 Å². The van der Waals surface area contributed by atoms with E-state index in [2.05, 4.69) is 34.6 Å². The molecule has 0 radical (unpaired) electrons. The minimum Gasteiger partial charge on any atom is -0.396 e. The summed E-state index contributed by atoms with van der Waals surface area (Å²) in [6.45, 7) is 11.5. The van der Waals surface area contributed by atoms with Gasteiger partial charge in [0.1, 0.15) is 0 Å². The van der Waals surface area contributed by atoms with E-state index in [-0.39, 0.29) is 17.6 Å². The summed E-state index contributed by atoms with van der Waals surface area (Å²) < 4.78 is 0. The summed E-state index contributed by atoms with van der Waals surface area (Å²) in [5, 5.41) is 9.35. The van der Waals surface area contributed by atoms with Crippen molar-refractivity contribution in [2.75, 3.05) is 6.61 Å². The molecule has 96 valence electrons. The van der Waals surface area contributed by atoms with Crippen LogP contribution in [-0.2, 0) is 0 Å². The van der Waals surface area contributed by atoms with Crippen LogP contribution in [0.5, 0.6) is 0 Å². The van der Waals surface area contributed by atoms with Crippen molar-refractivity contribution in [1.82, 2.24) is 0 Å². The highest BCUT2D eigenvalue weighted by Gasteiger charge is 2.49. The van der Waals surface area contributed by atoms with Gasteiger partial charge in [0.05, 0.1) is 0 Å². The molecule has 0 spiro atoms. The zero-order chi connectivity index (χ0) is 12.6. The number of nitrogens with two attached hydrogens (primary N) is 1. The van der Waals surface area contributed by atoms with Gasteiger partial charge in [0, 0.05) is 12.1 Å². The Morgan fingerprint density at radius 3 is 2.25 bits per heavy atom. The quantitative estimate of drug-likeness (QED) is 0.778. The van der Waals surface area contributed by atoms with Crippen molar-refractivity contribution in [2.24, 2.45) is 22.5 Å². The van der Waals surface area contributed by atoms with Gasteiger partial charge in [-0.1, -0.05) is 20.8 Å². The van der Waals surface area contributed by atoms with Gasteiger partial charge in [-0.3, -0.25) is 0 Å². The first-order valence-electron chi connectivity index (χ1n) is 6.52. The zero-order valence-electron chi connectivity index (χ0n) is 11.6. The molecule has 0 aromatic heterocycles. The Balaban J connectivity index is 3.01. The second kappa shape index (κ2) is 4.30. The standard InChI is InChI=1S/C14H29NO/c1-11-8-12(2,3)10-14(9-11,6-7-16)13(4,5)15/h11,16H,6-10,15H2,1-5H3. The van der Waals surface area contributed by atoms with E-state index in [9.17, 15) is 5.11 Å². The van der Waals surface area contributed by atoms with Gasteiger partial charge in [0.25, 0.3) is 0 Å². The Morgan fingerprint density at radius 1 is 1.31 bits per heavy atom. The molecule has 0 aromatic carbocycles. The molecule has 1 aliphatic rings. The van der Waals surface area contributed by atoms with E-state index < -0.39 is 0 Å². The van der Waals surface area contributed by atoms with Gasteiger partial charge in [0.15, 0.2) is 0 Å². The molecule has 2 heteroatoms. The van der Waals surface area contributed by atoms with Gasteiger partial charge in [-0.2, -0.15) is 0 Å². The van der Waals surface area contributed by atoms with Crippen molar-refractivity contribution in [3.05, 3.63) is 0 Å². The smallest absolute Gasteiger partial charge is 0.0437 e. The lowest BCUT2D eigenvalue weighted by molar-refractivity contribution is -0.0219. The Labute approximate surface area is 101 Å². The van der Waals surface area contributed by atoms with Crippen molar-refractivity contribution in [1.29, 1.82) is 0 Å². The van der Waals surface area contributed by atoms with Crippen molar-refractivity contribution in [3.8, 4) is 0 Å². The molecule has 3 N–H and O–H groups in total. The molecule has 0 heterocycles. The molecular weight excluding hydrogens is 198 g/mol. The summed E-state index contributed by atoms with van der Waals surface area (Å²) in [6, 6.07) is 0. The lowest BCUT2D eigenvalue weighted by Crippen LogP contribution is -2.56. The third-order valence-electron chi connectivity index (χ3n) is 4.41. The topological polar surface area (TPSA) is 46.2 Å². The first-order chi connectivity index (χ1) is 7.12. The SMILES string of the molecule is CC1CC(C)(C)CC(CCO)(C(C)(C)N)C1. The monoisotopic (exact) mass is 227 g/mol. The van der Waals surface area contributed by atoms with Crippen molar-refractivity contribution in [2.45, 2.75) is 65.8 Å². The second-order valence-corrected chi connectivity index (χ2v) is 7.33. The van der Waals surface area contributed by atoms with Crippen LogP contribution < -0.4 is 5.73 Å². The number of aliphatic hydroxyl groups is 1. The Bertz CT molecular complexity index is 242. The molecule has 0 aromatic rings. The van der Waals surface area contributed by atoms with E-state index in [1.807, 2.05) is 0 Å². The van der Waals surface area contributed by atoms with Crippen LogP contribution in [0, 0.1) is 16.7 Å². The number of hydrogen-bond acceptors (Lipinski definition) is 2. The summed E-state index contributed by atoms with van der Waals surface area (Å²) in [6.07, 6.45) is 4.40. The molecule has 1 aliphatic carbocycles. The molecule has 1 saturated carbocycles. The highest BCUT2D eigenvalue weighted by atomic mass is 16.3. The predicted molar refractivity (Wildman–Crippen MR) is 69.2 cm³/mol. The Morgan fingerprint density at radius 2 is 1.88 bits per heavy atom. The van der Waals surface area contributed by atoms with Gasteiger partial charge >= 0.3 is 0 Å². The maximum absolute atomic E-state index is 9.35. The van der Waals surface area contributed by atoms with Gasteiger partial charge in [0.2, 0.25) is 0 Å². The lowest BCUT2D eigenvalue weighted by atomic mass is 9.53. The highest BCUT2D eigenvalue weighted by Crippen LogP contribution is 2.54. The van der Waals surface area contributed by atoms with Crippen LogP contribution in [0.3, 0.4) is 0 Å². The third-order valence-corrected chi connectivity index (χ3v) is 4.41. The first-order valence-corrected chi connectivity index (χ1v) is 6.52. The summed E-state index contributed by atoms with van der Waals surface area (Å²) in [5.41, 5.74) is 6.65. The average Bonchev–Trinajstić information content (AvgIpc) is 1.97.